The number of aliphatic hydroxyl groups excluding tert-OH is 2. The zero-order chi connectivity index (χ0) is 23.2. The van der Waals surface area contributed by atoms with Crippen molar-refractivity contribution < 1.29 is 56.5 Å². The largest absolute Gasteiger partial charge is 0.488 e. The number of nitrogens with two attached hydrogens (primary N) is 1. The molecule has 1 fully saturated rings. The second-order valence-corrected chi connectivity index (χ2v) is 11.3. The van der Waals surface area contributed by atoms with E-state index < -0.39 is 54.4 Å². The summed E-state index contributed by atoms with van der Waals surface area (Å²) >= 11 is 0. The summed E-state index contributed by atoms with van der Waals surface area (Å²) < 4.78 is 53.8. The molecule has 0 aromatic carbocycles. The van der Waals surface area contributed by atoms with E-state index in [1.165, 1.54) is 10.9 Å². The third-order valence-corrected chi connectivity index (χ3v) is 8.24. The molecule has 0 bridgehead atoms. The third kappa shape index (κ3) is 5.73. The highest BCUT2D eigenvalue weighted by Gasteiger charge is 2.46. The number of aromatic nitrogens is 4. The van der Waals surface area contributed by atoms with E-state index in [1.807, 2.05) is 0 Å². The topological polar surface area (TPSA) is 259 Å². The Morgan fingerprint density at radius 3 is 2.45 bits per heavy atom. The first-order valence-corrected chi connectivity index (χ1v) is 13.2. The monoisotopic (exact) mass is 505 g/mol. The second kappa shape index (κ2) is 8.56. The van der Waals surface area contributed by atoms with Crippen molar-refractivity contribution in [3.05, 3.63) is 12.7 Å². The fraction of sp³-hybridized carbons (Fsp3) is 0.545. The molecule has 2 aromatic rings. The SMILES string of the molecule is CP(=O)(OCC1OC(n2cnc3c(N)ncnc32)C(O)C1O)OP(=O)(O)OP(=O)(O)O. The number of nitrogen functional groups attached to an aromatic ring is 1. The molecule has 0 radical (unpaired) electrons. The van der Waals surface area contributed by atoms with Crippen LogP contribution < -0.4 is 5.73 Å². The molecular weight excluding hydrogens is 487 g/mol. The molecule has 3 heterocycles. The summed E-state index contributed by atoms with van der Waals surface area (Å²) in [6.45, 7) is 0.0133. The minimum Gasteiger partial charge on any atom is -0.387 e. The van der Waals surface area contributed by atoms with Gasteiger partial charge in [-0.15, -0.1) is 0 Å². The van der Waals surface area contributed by atoms with Crippen LogP contribution in [0, 0.1) is 0 Å². The highest BCUT2D eigenvalue weighted by Crippen LogP contribution is 2.66. The van der Waals surface area contributed by atoms with Crippen LogP contribution in [0.3, 0.4) is 0 Å². The first-order chi connectivity index (χ1) is 14.2. The minimum absolute atomic E-state index is 0.0756. The molecule has 1 aliphatic rings. The van der Waals surface area contributed by atoms with Crippen LogP contribution in [0.15, 0.2) is 12.7 Å². The van der Waals surface area contributed by atoms with Crippen molar-refractivity contribution in [2.45, 2.75) is 24.5 Å². The quantitative estimate of drug-likeness (QED) is 0.237. The summed E-state index contributed by atoms with van der Waals surface area (Å²) in [6, 6.07) is 0. The summed E-state index contributed by atoms with van der Waals surface area (Å²) in [5.41, 5.74) is 6.12. The van der Waals surface area contributed by atoms with E-state index in [4.69, 9.17) is 24.8 Å². The predicted octanol–water partition coefficient (Wildman–Crippen LogP) is -0.907. The predicted molar refractivity (Wildman–Crippen MR) is 99.2 cm³/mol. The van der Waals surface area contributed by atoms with Crippen molar-refractivity contribution in [1.29, 1.82) is 0 Å². The normalized spacial score (nSPS) is 28.5. The van der Waals surface area contributed by atoms with Gasteiger partial charge in [-0.05, 0) is 0 Å². The van der Waals surface area contributed by atoms with Crippen molar-refractivity contribution in [3.8, 4) is 0 Å². The van der Waals surface area contributed by atoms with Crippen LogP contribution in [0.2, 0.25) is 0 Å². The summed E-state index contributed by atoms with van der Waals surface area (Å²) in [5, 5.41) is 20.6. The number of imidazole rings is 1. The van der Waals surface area contributed by atoms with Crippen LogP contribution in [0.4, 0.5) is 5.82 Å². The fourth-order valence-corrected chi connectivity index (χ4v) is 6.29. The Kier molecular flexibility index (Phi) is 6.71. The van der Waals surface area contributed by atoms with E-state index in [0.717, 1.165) is 13.0 Å². The average Bonchev–Trinajstić information content (AvgIpc) is 3.13. The average molecular weight is 505 g/mol. The van der Waals surface area contributed by atoms with Crippen molar-refractivity contribution in [1.82, 2.24) is 19.5 Å². The molecule has 0 spiro atoms. The van der Waals surface area contributed by atoms with Gasteiger partial charge in [0.05, 0.1) is 12.9 Å². The van der Waals surface area contributed by atoms with E-state index in [9.17, 15) is 28.8 Å². The smallest absolute Gasteiger partial charge is 0.387 e. The van der Waals surface area contributed by atoms with E-state index in [0.29, 0.717) is 0 Å². The maximum absolute atomic E-state index is 12.2. The molecule has 0 aliphatic carbocycles. The van der Waals surface area contributed by atoms with Gasteiger partial charge in [-0.3, -0.25) is 9.13 Å². The van der Waals surface area contributed by atoms with Crippen LogP contribution in [-0.2, 0) is 31.6 Å². The van der Waals surface area contributed by atoms with Gasteiger partial charge < -0.3 is 39.9 Å². The lowest BCUT2D eigenvalue weighted by Gasteiger charge is -2.20. The van der Waals surface area contributed by atoms with E-state index in [-0.39, 0.29) is 17.0 Å². The maximum atomic E-state index is 12.2. The molecule has 17 nitrogen and oxygen atoms in total. The standard InChI is InChI=1S/C11H18N5O12P3/c1-29(19,27-31(23,24)28-30(20,21)22)25-2-5-7(17)8(18)11(26-5)16-4-15-6-9(12)13-3-14-10(6)16/h3-5,7-8,11,17-18H,2H2,1H3,(H,23,24)(H2,12,13,14)(H2,20,21,22). The lowest BCUT2D eigenvalue weighted by atomic mass is 10.1. The number of fused-ring (bicyclic) bond motifs is 1. The number of nitrogens with zero attached hydrogens (tertiary/aromatic N) is 4. The van der Waals surface area contributed by atoms with Crippen LogP contribution in [0.25, 0.3) is 11.2 Å². The zero-order valence-corrected chi connectivity index (χ0v) is 18.2. The number of aliphatic hydroxyl groups is 2. The van der Waals surface area contributed by atoms with Crippen LogP contribution in [0.5, 0.6) is 0 Å². The first-order valence-electron chi connectivity index (χ1n) is 8.17. The molecule has 6 unspecified atom stereocenters. The molecule has 31 heavy (non-hydrogen) atoms. The molecule has 1 aliphatic heterocycles. The molecular formula is C11H18N5O12P3. The molecule has 7 N–H and O–H groups in total. The maximum Gasteiger partial charge on any atom is 0.488 e. The molecule has 20 heteroatoms. The van der Waals surface area contributed by atoms with Gasteiger partial charge in [0.2, 0.25) is 0 Å². The van der Waals surface area contributed by atoms with Gasteiger partial charge in [0.15, 0.2) is 17.7 Å². The number of rotatable bonds is 8. The number of anilines is 1. The van der Waals surface area contributed by atoms with E-state index in [2.05, 4.69) is 23.6 Å². The molecule has 0 saturated carbocycles. The number of hydrogen-bond acceptors (Lipinski definition) is 13. The lowest BCUT2D eigenvalue weighted by Crippen LogP contribution is -2.33. The van der Waals surface area contributed by atoms with Crippen molar-refractivity contribution in [2.75, 3.05) is 19.0 Å². The Morgan fingerprint density at radius 1 is 1.13 bits per heavy atom. The summed E-state index contributed by atoms with van der Waals surface area (Å²) in [5.74, 6) is 0.0756. The van der Waals surface area contributed by atoms with Crippen molar-refractivity contribution >= 4 is 40.2 Å². The van der Waals surface area contributed by atoms with Gasteiger partial charge >= 0.3 is 23.2 Å². The van der Waals surface area contributed by atoms with Crippen molar-refractivity contribution in [2.24, 2.45) is 0 Å². The van der Waals surface area contributed by atoms with Gasteiger partial charge in [0.25, 0.3) is 0 Å². The molecule has 3 rings (SSSR count). The Labute approximate surface area is 173 Å². The molecule has 2 aromatic heterocycles. The van der Waals surface area contributed by atoms with Crippen LogP contribution >= 0.6 is 23.2 Å². The summed E-state index contributed by atoms with van der Waals surface area (Å²) in [6.07, 6.45) is -3.17. The summed E-state index contributed by atoms with van der Waals surface area (Å²) in [4.78, 5) is 38.2. The molecule has 6 atom stereocenters. The van der Waals surface area contributed by atoms with E-state index in [1.54, 1.807) is 0 Å². The Hall–Kier alpha value is -1.32. The van der Waals surface area contributed by atoms with Crippen LogP contribution in [0.1, 0.15) is 6.23 Å². The molecule has 1 saturated heterocycles. The number of hydrogen-bond donors (Lipinski definition) is 6. The first kappa shape index (κ1) is 24.3. The third-order valence-electron chi connectivity index (χ3n) is 3.93. The second-order valence-electron chi connectivity index (χ2n) is 6.32. The Bertz CT molecular complexity index is 1110. The fourth-order valence-electron chi connectivity index (χ4n) is 2.72. The molecule has 0 amide bonds. The Morgan fingerprint density at radius 2 is 1.81 bits per heavy atom. The van der Waals surface area contributed by atoms with Gasteiger partial charge in [-0.25, -0.2) is 28.4 Å². The minimum atomic E-state index is -5.45. The Balaban J connectivity index is 1.69. The van der Waals surface area contributed by atoms with Gasteiger partial charge in [-0.2, -0.15) is 4.31 Å². The van der Waals surface area contributed by atoms with Crippen LogP contribution in [-0.4, -0.2) is 76.0 Å². The van der Waals surface area contributed by atoms with Gasteiger partial charge in [0.1, 0.15) is 30.2 Å². The van der Waals surface area contributed by atoms with Gasteiger partial charge in [0, 0.05) is 6.66 Å². The van der Waals surface area contributed by atoms with E-state index >= 15 is 0 Å². The highest BCUT2D eigenvalue weighted by atomic mass is 31.3. The van der Waals surface area contributed by atoms with Gasteiger partial charge in [-0.1, -0.05) is 0 Å². The number of phosphoric acid groups is 2. The lowest BCUT2D eigenvalue weighted by molar-refractivity contribution is -0.0482. The summed E-state index contributed by atoms with van der Waals surface area (Å²) in [7, 11) is -15.3. The van der Waals surface area contributed by atoms with Crippen molar-refractivity contribution in [3.63, 3.8) is 0 Å². The zero-order valence-electron chi connectivity index (χ0n) is 15.5. The highest BCUT2D eigenvalue weighted by molar-refractivity contribution is 7.68. The number of ether oxygens (including phenoxy) is 1. The molecule has 174 valence electrons.